The summed E-state index contributed by atoms with van der Waals surface area (Å²) in [4.78, 5) is 14.6. The van der Waals surface area contributed by atoms with Crippen molar-refractivity contribution in [3.8, 4) is 0 Å². The fraction of sp³-hybridized carbons (Fsp3) is 0.217. The second kappa shape index (κ2) is 11.5. The van der Waals surface area contributed by atoms with Crippen LogP contribution in [0.2, 0.25) is 5.02 Å². The van der Waals surface area contributed by atoms with Gasteiger partial charge in [-0.05, 0) is 67.0 Å². The monoisotopic (exact) mass is 474 g/mol. The maximum absolute atomic E-state index is 12.7. The quantitative estimate of drug-likeness (QED) is 0.263. The Morgan fingerprint density at radius 3 is 2.50 bits per heavy atom. The highest BCUT2D eigenvalue weighted by atomic mass is 35.5. The summed E-state index contributed by atoms with van der Waals surface area (Å²) in [5.41, 5.74) is 2.78. The van der Waals surface area contributed by atoms with Crippen molar-refractivity contribution in [2.75, 3.05) is 5.32 Å². The highest BCUT2D eigenvalue weighted by Crippen LogP contribution is 2.33. The molecule has 0 aliphatic rings. The molecule has 3 rings (SSSR count). The molecule has 3 nitrogen and oxygen atoms in total. The summed E-state index contributed by atoms with van der Waals surface area (Å²) in [7, 11) is 0. The van der Waals surface area contributed by atoms with Crippen LogP contribution in [0.4, 0.5) is 5.69 Å². The number of hydrogen-bond donors (Lipinski definition) is 2. The second-order valence-corrected chi connectivity index (χ2v) is 9.47. The molecule has 0 aliphatic heterocycles. The standard InChI is InChI=1S/C23H23ClN2OS3/c1-2-3-4-5-16-6-10-18(11-7-16)25-23(28)26-22(27)20-14-29-15-21(20)30-19-12-8-17(24)9-13-19/h6-15H,2-5H2,1H3,(H2,25,26,27,28). The molecule has 1 heterocycles. The maximum atomic E-state index is 12.7. The fourth-order valence-electron chi connectivity index (χ4n) is 2.83. The van der Waals surface area contributed by atoms with E-state index >= 15 is 0 Å². The normalized spacial score (nSPS) is 10.6. The lowest BCUT2D eigenvalue weighted by Crippen LogP contribution is -2.34. The van der Waals surface area contributed by atoms with E-state index in [1.54, 1.807) is 0 Å². The SMILES string of the molecule is CCCCCc1ccc(NC(=S)NC(=O)c2cscc2Sc2ccc(Cl)cc2)cc1. The van der Waals surface area contributed by atoms with Crippen LogP contribution in [-0.2, 0) is 6.42 Å². The van der Waals surface area contributed by atoms with E-state index in [1.165, 1.54) is 47.9 Å². The van der Waals surface area contributed by atoms with Crippen LogP contribution >= 0.6 is 46.9 Å². The minimum Gasteiger partial charge on any atom is -0.332 e. The zero-order chi connectivity index (χ0) is 21.3. The van der Waals surface area contributed by atoms with Crippen LogP contribution in [0.25, 0.3) is 0 Å². The Hall–Kier alpha value is -1.86. The van der Waals surface area contributed by atoms with Crippen molar-refractivity contribution in [1.29, 1.82) is 0 Å². The molecular weight excluding hydrogens is 452 g/mol. The van der Waals surface area contributed by atoms with Gasteiger partial charge in [0.15, 0.2) is 5.11 Å². The number of unbranched alkanes of at least 4 members (excludes halogenated alkanes) is 2. The smallest absolute Gasteiger partial charge is 0.259 e. The molecule has 0 bridgehead atoms. The summed E-state index contributed by atoms with van der Waals surface area (Å²) >= 11 is 14.3. The van der Waals surface area contributed by atoms with Crippen LogP contribution in [0, 0.1) is 0 Å². The molecule has 0 saturated heterocycles. The van der Waals surface area contributed by atoms with E-state index in [4.69, 9.17) is 23.8 Å². The van der Waals surface area contributed by atoms with Crippen LogP contribution in [0.3, 0.4) is 0 Å². The number of halogens is 1. The van der Waals surface area contributed by atoms with Gasteiger partial charge in [0.2, 0.25) is 0 Å². The lowest BCUT2D eigenvalue weighted by Gasteiger charge is -2.11. The Labute approximate surface area is 196 Å². The number of benzene rings is 2. The number of carbonyl (C=O) groups excluding carboxylic acids is 1. The zero-order valence-corrected chi connectivity index (χ0v) is 19.8. The third kappa shape index (κ3) is 6.84. The Balaban J connectivity index is 1.55. The highest BCUT2D eigenvalue weighted by molar-refractivity contribution is 7.99. The third-order valence-corrected chi connectivity index (χ3v) is 6.83. The van der Waals surface area contributed by atoms with Crippen molar-refractivity contribution in [3.63, 3.8) is 0 Å². The molecule has 156 valence electrons. The molecule has 2 aromatic carbocycles. The zero-order valence-electron chi connectivity index (χ0n) is 16.6. The summed E-state index contributed by atoms with van der Waals surface area (Å²) in [6, 6.07) is 15.7. The first kappa shape index (κ1) is 22.8. The van der Waals surface area contributed by atoms with Gasteiger partial charge in [-0.3, -0.25) is 10.1 Å². The van der Waals surface area contributed by atoms with Crippen molar-refractivity contribution < 1.29 is 4.79 Å². The van der Waals surface area contributed by atoms with Crippen LogP contribution in [-0.4, -0.2) is 11.0 Å². The maximum Gasteiger partial charge on any atom is 0.259 e. The molecule has 0 aliphatic carbocycles. The first-order valence-electron chi connectivity index (χ1n) is 9.76. The molecule has 0 radical (unpaired) electrons. The van der Waals surface area contributed by atoms with Gasteiger partial charge in [-0.25, -0.2) is 0 Å². The predicted molar refractivity (Wildman–Crippen MR) is 133 cm³/mol. The van der Waals surface area contributed by atoms with Gasteiger partial charge < -0.3 is 5.32 Å². The summed E-state index contributed by atoms with van der Waals surface area (Å²) in [5, 5.41) is 10.6. The highest BCUT2D eigenvalue weighted by Gasteiger charge is 2.15. The van der Waals surface area contributed by atoms with E-state index in [0.29, 0.717) is 10.6 Å². The molecule has 2 N–H and O–H groups in total. The van der Waals surface area contributed by atoms with E-state index < -0.39 is 0 Å². The molecular formula is C23H23ClN2OS3. The largest absolute Gasteiger partial charge is 0.332 e. The van der Waals surface area contributed by atoms with Gasteiger partial charge in [0.05, 0.1) is 5.56 Å². The van der Waals surface area contributed by atoms with Crippen molar-refractivity contribution >= 4 is 63.6 Å². The lowest BCUT2D eigenvalue weighted by molar-refractivity contribution is 0.0975. The fourth-order valence-corrected chi connectivity index (χ4v) is 5.07. The minimum absolute atomic E-state index is 0.221. The number of thiocarbonyl (C=S) groups is 1. The number of hydrogen-bond acceptors (Lipinski definition) is 4. The Morgan fingerprint density at radius 2 is 1.80 bits per heavy atom. The summed E-state index contributed by atoms with van der Waals surface area (Å²) in [6.45, 7) is 2.21. The van der Waals surface area contributed by atoms with Gasteiger partial charge in [-0.1, -0.05) is 55.3 Å². The van der Waals surface area contributed by atoms with Crippen LogP contribution < -0.4 is 10.6 Å². The van der Waals surface area contributed by atoms with Crippen LogP contribution in [0.15, 0.2) is 69.1 Å². The second-order valence-electron chi connectivity index (χ2n) is 6.77. The topological polar surface area (TPSA) is 41.1 Å². The molecule has 0 atom stereocenters. The summed E-state index contributed by atoms with van der Waals surface area (Å²) in [6.07, 6.45) is 4.75. The first-order chi connectivity index (χ1) is 14.5. The number of carbonyl (C=O) groups is 1. The average Bonchev–Trinajstić information content (AvgIpc) is 3.19. The van der Waals surface area contributed by atoms with Crippen molar-refractivity contribution in [3.05, 3.63) is 75.4 Å². The molecule has 0 saturated carbocycles. The van der Waals surface area contributed by atoms with Crippen molar-refractivity contribution in [2.24, 2.45) is 0 Å². The molecule has 0 fully saturated rings. The molecule has 0 spiro atoms. The minimum atomic E-state index is -0.221. The summed E-state index contributed by atoms with van der Waals surface area (Å²) in [5.74, 6) is -0.221. The van der Waals surface area contributed by atoms with E-state index in [1.807, 2.05) is 47.2 Å². The van der Waals surface area contributed by atoms with Gasteiger partial charge in [0, 0.05) is 31.3 Å². The average molecular weight is 475 g/mol. The lowest BCUT2D eigenvalue weighted by atomic mass is 10.1. The number of rotatable bonds is 8. The van der Waals surface area contributed by atoms with Gasteiger partial charge in [0.25, 0.3) is 5.91 Å². The van der Waals surface area contributed by atoms with E-state index in [-0.39, 0.29) is 11.0 Å². The van der Waals surface area contributed by atoms with Gasteiger partial charge in [0.1, 0.15) is 0 Å². The van der Waals surface area contributed by atoms with Crippen molar-refractivity contribution in [2.45, 2.75) is 42.4 Å². The van der Waals surface area contributed by atoms with Gasteiger partial charge >= 0.3 is 0 Å². The molecule has 30 heavy (non-hydrogen) atoms. The Kier molecular flexibility index (Phi) is 8.75. The van der Waals surface area contributed by atoms with E-state index in [0.717, 1.165) is 21.9 Å². The van der Waals surface area contributed by atoms with Crippen molar-refractivity contribution in [1.82, 2.24) is 5.32 Å². The predicted octanol–water partition coefficient (Wildman–Crippen LogP) is 7.41. The molecule has 1 amide bonds. The third-order valence-electron chi connectivity index (χ3n) is 4.42. The first-order valence-corrected chi connectivity index (χ1v) is 12.3. The number of amides is 1. The number of thiophene rings is 1. The molecule has 3 aromatic rings. The summed E-state index contributed by atoms with van der Waals surface area (Å²) < 4.78 is 0. The number of anilines is 1. The molecule has 7 heteroatoms. The number of nitrogens with one attached hydrogen (secondary N) is 2. The van der Waals surface area contributed by atoms with Gasteiger partial charge in [-0.2, -0.15) is 11.3 Å². The van der Waals surface area contributed by atoms with E-state index in [2.05, 4.69) is 29.7 Å². The van der Waals surface area contributed by atoms with E-state index in [9.17, 15) is 4.79 Å². The molecule has 1 aromatic heterocycles. The van der Waals surface area contributed by atoms with Gasteiger partial charge in [-0.15, -0.1) is 0 Å². The molecule has 0 unspecified atom stereocenters. The number of aryl methyl sites for hydroxylation is 1. The Bertz CT molecular complexity index is 984. The van der Waals surface area contributed by atoms with Crippen LogP contribution in [0.5, 0.6) is 0 Å². The van der Waals surface area contributed by atoms with Crippen LogP contribution in [0.1, 0.15) is 42.1 Å². The Morgan fingerprint density at radius 1 is 1.07 bits per heavy atom.